The fraction of sp³-hybridized carbons (Fsp3) is 0.143. The van der Waals surface area contributed by atoms with Crippen molar-refractivity contribution in [3.8, 4) is 0 Å². The Morgan fingerprint density at radius 1 is 1.55 bits per heavy atom. The first-order chi connectivity index (χ1) is 5.34. The Hall–Kier alpha value is -1.32. The van der Waals surface area contributed by atoms with Gasteiger partial charge >= 0.3 is 0 Å². The zero-order chi connectivity index (χ0) is 8.10. The van der Waals surface area contributed by atoms with Gasteiger partial charge in [0, 0.05) is 18.0 Å². The average Bonchev–Trinajstić information content (AvgIpc) is 2.07. The molecule has 0 atom stereocenters. The lowest BCUT2D eigenvalue weighted by Gasteiger charge is -1.98. The van der Waals surface area contributed by atoms with Gasteiger partial charge in [0.25, 0.3) is 0 Å². The Bertz CT molecular complexity index is 237. The van der Waals surface area contributed by atoms with Crippen LogP contribution in [0.3, 0.4) is 0 Å². The minimum absolute atomic E-state index is 0.0464. The summed E-state index contributed by atoms with van der Waals surface area (Å²) in [4.78, 5) is 14.9. The molecule has 0 spiro atoms. The number of hydrogen-bond acceptors (Lipinski definition) is 2. The highest BCUT2D eigenvalue weighted by Gasteiger charge is 2.00. The molecule has 1 heterocycles. The molecular weight excluding hydrogens is 139 g/mol. The predicted molar refractivity (Wildman–Crippen MR) is 44.7 cm³/mol. The quantitative estimate of drug-likeness (QED) is 0.609. The number of hydrogen-bond donors (Lipinski definition) is 1. The molecule has 0 radical (unpaired) electrons. The maximum Gasteiger partial charge on any atom is 0.239 e. The number of carbonyl (C=O) groups is 1. The SMILES string of the molecule is CBNC(=O)c1ccncc1. The Morgan fingerprint density at radius 3 is 2.73 bits per heavy atom. The molecule has 11 heavy (non-hydrogen) atoms. The van der Waals surface area contributed by atoms with Crippen LogP contribution in [0.4, 0.5) is 0 Å². The van der Waals surface area contributed by atoms with Gasteiger partial charge in [-0.25, -0.2) is 0 Å². The van der Waals surface area contributed by atoms with Crippen LogP contribution in [0.2, 0.25) is 6.82 Å². The lowest BCUT2D eigenvalue weighted by molar-refractivity contribution is 0.0980. The van der Waals surface area contributed by atoms with Crippen LogP contribution in [-0.2, 0) is 0 Å². The van der Waals surface area contributed by atoms with Gasteiger partial charge in [0.1, 0.15) is 0 Å². The second kappa shape index (κ2) is 3.76. The molecule has 0 aliphatic rings. The fourth-order valence-electron chi connectivity index (χ4n) is 0.766. The normalized spacial score (nSPS) is 8.82. The lowest BCUT2D eigenvalue weighted by atomic mass is 9.99. The third kappa shape index (κ3) is 2.07. The summed E-state index contributed by atoms with van der Waals surface area (Å²) in [6, 6.07) is 3.37. The van der Waals surface area contributed by atoms with Crippen molar-refractivity contribution in [2.45, 2.75) is 6.82 Å². The number of amides is 1. The molecule has 0 unspecified atom stereocenters. The number of rotatable bonds is 2. The molecule has 0 aliphatic carbocycles. The lowest BCUT2D eigenvalue weighted by Crippen LogP contribution is -2.25. The molecule has 0 saturated carbocycles. The van der Waals surface area contributed by atoms with Crippen LogP contribution in [0.5, 0.6) is 0 Å². The Kier molecular flexibility index (Phi) is 2.66. The molecule has 1 N–H and O–H groups in total. The van der Waals surface area contributed by atoms with Crippen LogP contribution in [0, 0.1) is 0 Å². The predicted octanol–water partition coefficient (Wildman–Crippen LogP) is 0.211. The summed E-state index contributed by atoms with van der Waals surface area (Å²) in [6.45, 7) is 1.89. The highest BCUT2D eigenvalue weighted by atomic mass is 16.1. The van der Waals surface area contributed by atoms with Crippen molar-refractivity contribution in [2.24, 2.45) is 0 Å². The number of pyridine rings is 1. The number of aromatic nitrogens is 1. The van der Waals surface area contributed by atoms with E-state index in [4.69, 9.17) is 0 Å². The second-order valence-corrected chi connectivity index (χ2v) is 2.10. The van der Waals surface area contributed by atoms with E-state index in [2.05, 4.69) is 10.2 Å². The highest BCUT2D eigenvalue weighted by molar-refractivity contribution is 6.36. The van der Waals surface area contributed by atoms with Crippen molar-refractivity contribution in [2.75, 3.05) is 0 Å². The van der Waals surface area contributed by atoms with Crippen molar-refractivity contribution in [3.05, 3.63) is 30.1 Å². The van der Waals surface area contributed by atoms with E-state index in [1.165, 1.54) is 0 Å². The third-order valence-electron chi connectivity index (χ3n) is 1.28. The summed E-state index contributed by atoms with van der Waals surface area (Å²) in [6.07, 6.45) is 3.20. The summed E-state index contributed by atoms with van der Waals surface area (Å²) in [5.74, 6) is -0.0464. The van der Waals surface area contributed by atoms with Gasteiger partial charge in [0.15, 0.2) is 0 Å². The summed E-state index contributed by atoms with van der Waals surface area (Å²) in [5, 5.41) is 2.70. The summed E-state index contributed by atoms with van der Waals surface area (Å²) >= 11 is 0. The molecule has 1 aromatic rings. The van der Waals surface area contributed by atoms with Gasteiger partial charge in [-0.3, -0.25) is 9.78 Å². The molecule has 0 bridgehead atoms. The first kappa shape index (κ1) is 7.79. The van der Waals surface area contributed by atoms with Crippen LogP contribution in [0.1, 0.15) is 10.4 Å². The Balaban J connectivity index is 2.69. The van der Waals surface area contributed by atoms with Gasteiger partial charge in [-0.2, -0.15) is 0 Å². The Labute approximate surface area is 66.1 Å². The molecule has 0 fully saturated rings. The van der Waals surface area contributed by atoms with Crippen molar-refractivity contribution >= 4 is 13.3 Å². The van der Waals surface area contributed by atoms with Crippen molar-refractivity contribution < 1.29 is 4.79 Å². The number of nitrogens with zero attached hydrogens (tertiary/aromatic N) is 1. The molecule has 1 rings (SSSR count). The molecule has 3 nitrogen and oxygen atoms in total. The van der Waals surface area contributed by atoms with Crippen LogP contribution in [-0.4, -0.2) is 18.3 Å². The van der Waals surface area contributed by atoms with E-state index >= 15 is 0 Å². The summed E-state index contributed by atoms with van der Waals surface area (Å²) in [7, 11) is 0.654. The largest absolute Gasteiger partial charge is 0.399 e. The van der Waals surface area contributed by atoms with Gasteiger partial charge < -0.3 is 5.23 Å². The van der Waals surface area contributed by atoms with Gasteiger partial charge in [-0.15, -0.1) is 0 Å². The van der Waals surface area contributed by atoms with Crippen LogP contribution >= 0.6 is 0 Å². The van der Waals surface area contributed by atoms with Crippen molar-refractivity contribution in [1.82, 2.24) is 10.2 Å². The molecular formula is C7H9BN2O. The zero-order valence-corrected chi connectivity index (χ0v) is 6.37. The molecule has 4 heteroatoms. The first-order valence-corrected chi connectivity index (χ1v) is 3.53. The Morgan fingerprint density at radius 2 is 2.18 bits per heavy atom. The topological polar surface area (TPSA) is 42.0 Å². The fourth-order valence-corrected chi connectivity index (χ4v) is 0.766. The number of nitrogens with one attached hydrogen (secondary N) is 1. The van der Waals surface area contributed by atoms with Crippen LogP contribution in [0.15, 0.2) is 24.5 Å². The highest BCUT2D eigenvalue weighted by Crippen LogP contribution is 1.94. The van der Waals surface area contributed by atoms with Crippen LogP contribution in [0.25, 0.3) is 0 Å². The molecule has 56 valence electrons. The monoisotopic (exact) mass is 148 g/mol. The maximum absolute atomic E-state index is 11.1. The molecule has 1 aromatic heterocycles. The van der Waals surface area contributed by atoms with E-state index in [0.29, 0.717) is 13.0 Å². The van der Waals surface area contributed by atoms with Gasteiger partial charge in [0.05, 0.1) is 0 Å². The average molecular weight is 148 g/mol. The molecule has 0 saturated heterocycles. The van der Waals surface area contributed by atoms with Gasteiger partial charge in [-0.1, -0.05) is 6.82 Å². The standard InChI is InChI=1S/C7H9BN2O/c1-8-10-7(11)6-2-4-9-5-3-6/h2-5,8H,1H3,(H,10,11). The minimum Gasteiger partial charge on any atom is -0.399 e. The van der Waals surface area contributed by atoms with E-state index in [0.717, 1.165) is 0 Å². The van der Waals surface area contributed by atoms with Crippen molar-refractivity contribution in [3.63, 3.8) is 0 Å². The van der Waals surface area contributed by atoms with Crippen molar-refractivity contribution in [1.29, 1.82) is 0 Å². The van der Waals surface area contributed by atoms with E-state index in [9.17, 15) is 4.79 Å². The zero-order valence-electron chi connectivity index (χ0n) is 6.37. The minimum atomic E-state index is -0.0464. The molecule has 0 aliphatic heterocycles. The van der Waals surface area contributed by atoms with E-state index in [1.807, 2.05) is 6.82 Å². The summed E-state index contributed by atoms with van der Waals surface area (Å²) in [5.41, 5.74) is 0.654. The van der Waals surface area contributed by atoms with Gasteiger partial charge in [-0.05, 0) is 12.1 Å². The third-order valence-corrected chi connectivity index (χ3v) is 1.28. The number of carbonyl (C=O) groups excluding carboxylic acids is 1. The molecule has 0 aromatic carbocycles. The summed E-state index contributed by atoms with van der Waals surface area (Å²) < 4.78 is 0. The van der Waals surface area contributed by atoms with Crippen LogP contribution < -0.4 is 5.23 Å². The first-order valence-electron chi connectivity index (χ1n) is 3.53. The van der Waals surface area contributed by atoms with E-state index in [-0.39, 0.29) is 5.91 Å². The van der Waals surface area contributed by atoms with E-state index in [1.54, 1.807) is 24.5 Å². The van der Waals surface area contributed by atoms with E-state index < -0.39 is 0 Å². The second-order valence-electron chi connectivity index (χ2n) is 2.10. The smallest absolute Gasteiger partial charge is 0.239 e. The van der Waals surface area contributed by atoms with Gasteiger partial charge in [0.2, 0.25) is 13.3 Å². The molecule has 1 amide bonds. The maximum atomic E-state index is 11.1.